The van der Waals surface area contributed by atoms with E-state index in [1.807, 2.05) is 0 Å². The van der Waals surface area contributed by atoms with Crippen LogP contribution in [0.5, 0.6) is 0 Å². The number of carbonyl (C=O) groups is 4. The zero-order valence-corrected chi connectivity index (χ0v) is 17.6. The Labute approximate surface area is 187 Å². The predicted octanol–water partition coefficient (Wildman–Crippen LogP) is 2.64. The fourth-order valence-electron chi connectivity index (χ4n) is 3.60. The highest BCUT2D eigenvalue weighted by Gasteiger charge is 2.42. The van der Waals surface area contributed by atoms with Crippen LogP contribution in [0.3, 0.4) is 0 Å². The number of amides is 3. The largest absolute Gasteiger partial charge is 0.465 e. The minimum atomic E-state index is -0.718. The molecule has 0 aromatic heterocycles. The molecule has 9 nitrogen and oxygen atoms in total. The smallest absolute Gasteiger partial charge is 0.339 e. The molecular weight excluding hydrogens is 438 g/mol. The Morgan fingerprint density at radius 2 is 1.91 bits per heavy atom. The van der Waals surface area contributed by atoms with Gasteiger partial charge < -0.3 is 20.1 Å². The van der Waals surface area contributed by atoms with E-state index in [1.54, 1.807) is 42.5 Å². The van der Waals surface area contributed by atoms with Gasteiger partial charge in [0.1, 0.15) is 13.2 Å². The number of halogens is 1. The maximum atomic E-state index is 12.8. The summed E-state index contributed by atoms with van der Waals surface area (Å²) in [6.45, 7) is -0.512. The minimum absolute atomic E-state index is 0.127. The van der Waals surface area contributed by atoms with Crippen molar-refractivity contribution >= 4 is 41.2 Å². The molecule has 0 bridgehead atoms. The lowest BCUT2D eigenvalue weighted by atomic mass is 9.96. The Balaban J connectivity index is 1.58. The molecule has 10 heteroatoms. The number of anilines is 1. The van der Waals surface area contributed by atoms with E-state index in [0.29, 0.717) is 16.3 Å². The number of methoxy groups -OCH3 is 1. The number of carbonyl (C=O) groups excluding carboxylic acids is 4. The first-order chi connectivity index (χ1) is 15.4. The lowest BCUT2D eigenvalue weighted by molar-refractivity contribution is -0.136. The van der Waals surface area contributed by atoms with E-state index >= 15 is 0 Å². The maximum Gasteiger partial charge on any atom is 0.339 e. The highest BCUT2D eigenvalue weighted by atomic mass is 35.5. The number of cyclic esters (lactones) is 1. The van der Waals surface area contributed by atoms with Gasteiger partial charge in [-0.05, 0) is 29.8 Å². The number of urea groups is 1. The number of para-hydroxylation sites is 1. The highest BCUT2D eigenvalue weighted by molar-refractivity contribution is 6.30. The van der Waals surface area contributed by atoms with Crippen molar-refractivity contribution in [3.63, 3.8) is 0 Å². The van der Waals surface area contributed by atoms with E-state index in [9.17, 15) is 19.2 Å². The molecule has 3 amide bonds. The van der Waals surface area contributed by atoms with Gasteiger partial charge in [0.25, 0.3) is 0 Å². The van der Waals surface area contributed by atoms with Crippen LogP contribution in [-0.4, -0.2) is 49.0 Å². The molecule has 1 unspecified atom stereocenters. The number of benzene rings is 2. The molecule has 0 spiro atoms. The van der Waals surface area contributed by atoms with E-state index in [1.165, 1.54) is 13.2 Å². The number of hydrogen-bond donors (Lipinski definition) is 2. The molecule has 2 aromatic rings. The number of rotatable bonds is 5. The van der Waals surface area contributed by atoms with Gasteiger partial charge in [-0.3, -0.25) is 9.69 Å². The van der Waals surface area contributed by atoms with Crippen molar-refractivity contribution in [1.82, 2.24) is 10.2 Å². The van der Waals surface area contributed by atoms with Gasteiger partial charge in [-0.2, -0.15) is 0 Å². The van der Waals surface area contributed by atoms with Gasteiger partial charge in [-0.25, -0.2) is 14.4 Å². The summed E-state index contributed by atoms with van der Waals surface area (Å²) in [5.41, 5.74) is 1.65. The molecule has 2 aliphatic heterocycles. The molecule has 1 atom stereocenters. The van der Waals surface area contributed by atoms with Gasteiger partial charge in [0.05, 0.1) is 35.7 Å². The first kappa shape index (κ1) is 21.4. The molecule has 164 valence electrons. The summed E-state index contributed by atoms with van der Waals surface area (Å²) < 4.78 is 9.87. The van der Waals surface area contributed by atoms with Crippen molar-refractivity contribution in [1.29, 1.82) is 0 Å². The Bertz CT molecular complexity index is 1140. The van der Waals surface area contributed by atoms with Crippen molar-refractivity contribution in [3.05, 3.63) is 76.0 Å². The third-order valence-corrected chi connectivity index (χ3v) is 5.36. The molecule has 32 heavy (non-hydrogen) atoms. The van der Waals surface area contributed by atoms with Gasteiger partial charge in [-0.1, -0.05) is 35.9 Å². The van der Waals surface area contributed by atoms with Gasteiger partial charge in [-0.15, -0.1) is 0 Å². The van der Waals surface area contributed by atoms with E-state index < -0.39 is 29.9 Å². The van der Waals surface area contributed by atoms with E-state index in [4.69, 9.17) is 21.1 Å². The summed E-state index contributed by atoms with van der Waals surface area (Å²) in [6.07, 6.45) is 0. The third kappa shape index (κ3) is 4.02. The zero-order valence-electron chi connectivity index (χ0n) is 16.9. The zero-order chi connectivity index (χ0) is 22.8. The van der Waals surface area contributed by atoms with Gasteiger partial charge >= 0.3 is 18.0 Å². The number of nitrogens with zero attached hydrogens (tertiary/aromatic N) is 1. The second-order valence-electron chi connectivity index (χ2n) is 7.04. The van der Waals surface area contributed by atoms with Crippen LogP contribution in [0.25, 0.3) is 0 Å². The average molecular weight is 456 g/mol. The Morgan fingerprint density at radius 3 is 2.62 bits per heavy atom. The van der Waals surface area contributed by atoms with Crippen LogP contribution in [0, 0.1) is 0 Å². The molecule has 4 rings (SSSR count). The SMILES string of the molecule is COC(=O)c1ccccc1NC(=O)CN1C(=O)NC(c2ccc(Cl)cc2)C2=C1COC2=O. The van der Waals surface area contributed by atoms with Crippen molar-refractivity contribution in [2.75, 3.05) is 25.6 Å². The third-order valence-electron chi connectivity index (χ3n) is 5.11. The standard InChI is InChI=1S/C22H18ClN3O6/c1-31-20(28)14-4-2-3-5-15(14)24-17(27)10-26-16-11-32-21(29)18(16)19(25-22(26)30)12-6-8-13(23)9-7-12/h2-9,19H,10-11H2,1H3,(H,24,27)(H,25,30). The van der Waals surface area contributed by atoms with Crippen LogP contribution < -0.4 is 10.6 Å². The highest BCUT2D eigenvalue weighted by Crippen LogP contribution is 2.35. The Morgan fingerprint density at radius 1 is 1.19 bits per heavy atom. The van der Waals surface area contributed by atoms with E-state index in [-0.39, 0.29) is 30.0 Å². The van der Waals surface area contributed by atoms with Crippen LogP contribution in [0.1, 0.15) is 22.0 Å². The summed E-state index contributed by atoms with van der Waals surface area (Å²) in [7, 11) is 1.24. The summed E-state index contributed by atoms with van der Waals surface area (Å²) >= 11 is 5.93. The van der Waals surface area contributed by atoms with Crippen LogP contribution in [0.4, 0.5) is 10.5 Å². The summed E-state index contributed by atoms with van der Waals surface area (Å²) in [5.74, 6) is -1.74. The fraction of sp³-hybridized carbons (Fsp3) is 0.182. The van der Waals surface area contributed by atoms with Crippen LogP contribution in [0.15, 0.2) is 59.8 Å². The second-order valence-corrected chi connectivity index (χ2v) is 7.48. The molecule has 2 aromatic carbocycles. The topological polar surface area (TPSA) is 114 Å². The van der Waals surface area contributed by atoms with Crippen LogP contribution in [0.2, 0.25) is 5.02 Å². The molecular formula is C22H18ClN3O6. The Kier molecular flexibility index (Phi) is 5.83. The lowest BCUT2D eigenvalue weighted by Crippen LogP contribution is -2.49. The van der Waals surface area contributed by atoms with Crippen molar-refractivity contribution in [2.24, 2.45) is 0 Å². The Hall–Kier alpha value is -3.85. The second kappa shape index (κ2) is 8.72. The normalized spacial score (nSPS) is 17.4. The van der Waals surface area contributed by atoms with E-state index in [2.05, 4.69) is 10.6 Å². The first-order valence-corrected chi connectivity index (χ1v) is 9.97. The predicted molar refractivity (Wildman–Crippen MR) is 114 cm³/mol. The molecule has 0 fully saturated rings. The fourth-order valence-corrected chi connectivity index (χ4v) is 3.72. The molecule has 0 radical (unpaired) electrons. The molecule has 0 saturated heterocycles. The van der Waals surface area contributed by atoms with Crippen molar-refractivity contribution < 1.29 is 28.7 Å². The summed E-state index contributed by atoms with van der Waals surface area (Å²) in [6, 6.07) is 11.8. The summed E-state index contributed by atoms with van der Waals surface area (Å²) in [4.78, 5) is 51.0. The lowest BCUT2D eigenvalue weighted by Gasteiger charge is -2.32. The minimum Gasteiger partial charge on any atom is -0.465 e. The number of ether oxygens (including phenoxy) is 2. The summed E-state index contributed by atoms with van der Waals surface area (Å²) in [5, 5.41) is 5.87. The number of nitrogens with one attached hydrogen (secondary N) is 2. The maximum absolute atomic E-state index is 12.8. The molecule has 0 aliphatic carbocycles. The van der Waals surface area contributed by atoms with Gasteiger partial charge in [0.15, 0.2) is 0 Å². The quantitative estimate of drug-likeness (QED) is 0.670. The van der Waals surface area contributed by atoms with Crippen LogP contribution >= 0.6 is 11.6 Å². The van der Waals surface area contributed by atoms with Gasteiger partial charge in [0, 0.05) is 5.02 Å². The van der Waals surface area contributed by atoms with Gasteiger partial charge in [0.2, 0.25) is 5.91 Å². The van der Waals surface area contributed by atoms with E-state index in [0.717, 1.165) is 4.90 Å². The van der Waals surface area contributed by atoms with Crippen molar-refractivity contribution in [3.8, 4) is 0 Å². The monoisotopic (exact) mass is 455 g/mol. The van der Waals surface area contributed by atoms with Crippen LogP contribution in [-0.2, 0) is 19.1 Å². The number of esters is 2. The first-order valence-electron chi connectivity index (χ1n) is 9.60. The number of hydrogen-bond acceptors (Lipinski definition) is 6. The molecule has 0 saturated carbocycles. The van der Waals surface area contributed by atoms with Crippen molar-refractivity contribution in [2.45, 2.75) is 6.04 Å². The molecule has 2 heterocycles. The molecule has 2 N–H and O–H groups in total. The average Bonchev–Trinajstić information content (AvgIpc) is 3.17. The molecule has 2 aliphatic rings.